The lowest BCUT2D eigenvalue weighted by Crippen LogP contribution is -2.28. The van der Waals surface area contributed by atoms with Crippen molar-refractivity contribution in [2.75, 3.05) is 16.8 Å². The summed E-state index contributed by atoms with van der Waals surface area (Å²) in [6.45, 7) is 6.69. The summed E-state index contributed by atoms with van der Waals surface area (Å²) in [4.78, 5) is 14.6. The van der Waals surface area contributed by atoms with Crippen LogP contribution in [0.5, 0.6) is 0 Å². The number of ketones is 1. The van der Waals surface area contributed by atoms with Gasteiger partial charge in [0.15, 0.2) is 5.78 Å². The largest absolute Gasteiger partial charge is 0.358 e. The summed E-state index contributed by atoms with van der Waals surface area (Å²) in [5.41, 5.74) is 5.60. The first-order valence-electron chi connectivity index (χ1n) is 8.93. The van der Waals surface area contributed by atoms with Crippen molar-refractivity contribution >= 4 is 23.0 Å². The lowest BCUT2D eigenvalue weighted by molar-refractivity contribution is -0.113. The zero-order valence-electron chi connectivity index (χ0n) is 15.4. The number of nitrogens with one attached hydrogen (secondary N) is 2. The number of anilines is 2. The maximum absolute atomic E-state index is 12.8. The van der Waals surface area contributed by atoms with E-state index in [-0.39, 0.29) is 17.7 Å². The van der Waals surface area contributed by atoms with Gasteiger partial charge in [-0.2, -0.15) is 0 Å². The number of carbonyl (C=O) groups excluding carboxylic acids is 1. The van der Waals surface area contributed by atoms with Gasteiger partial charge in [0, 0.05) is 23.5 Å². The molecular weight excluding hydrogens is 322 g/mol. The van der Waals surface area contributed by atoms with Gasteiger partial charge in [-0.25, -0.2) is 0 Å². The highest BCUT2D eigenvalue weighted by Crippen LogP contribution is 2.36. The van der Waals surface area contributed by atoms with E-state index in [1.54, 1.807) is 0 Å². The number of nitrogens with zero attached hydrogens (tertiary/aromatic N) is 1. The van der Waals surface area contributed by atoms with E-state index >= 15 is 0 Å². The third-order valence-corrected chi connectivity index (χ3v) is 5.06. The highest BCUT2D eigenvalue weighted by atomic mass is 16.1. The van der Waals surface area contributed by atoms with Crippen LogP contribution in [0.25, 0.3) is 0 Å². The second kappa shape index (κ2) is 5.84. The number of hydrogen-bond acceptors (Lipinski definition) is 3. The molecule has 0 saturated carbocycles. The van der Waals surface area contributed by atoms with Crippen LogP contribution in [-0.2, 0) is 16.6 Å². The molecule has 0 aromatic heterocycles. The normalized spacial score (nSPS) is 19.7. The van der Waals surface area contributed by atoms with Crippen molar-refractivity contribution in [3.63, 3.8) is 0 Å². The van der Waals surface area contributed by atoms with Gasteiger partial charge in [-0.1, -0.05) is 57.2 Å². The summed E-state index contributed by atoms with van der Waals surface area (Å²) in [5, 5.41) is 12.1. The molecule has 1 saturated heterocycles. The van der Waals surface area contributed by atoms with Crippen LogP contribution >= 0.6 is 0 Å². The minimum Gasteiger partial charge on any atom is -0.358 e. The van der Waals surface area contributed by atoms with Crippen LogP contribution in [-0.4, -0.2) is 18.2 Å². The quantitative estimate of drug-likeness (QED) is 0.759. The number of para-hydroxylation sites is 2. The van der Waals surface area contributed by atoms with Crippen molar-refractivity contribution in [2.45, 2.75) is 32.6 Å². The lowest BCUT2D eigenvalue weighted by atomic mass is 9.85. The fourth-order valence-corrected chi connectivity index (χ4v) is 3.77. The molecule has 2 heterocycles. The topological polar surface area (TPSA) is 56.2 Å². The monoisotopic (exact) mass is 345 g/mol. The maximum atomic E-state index is 12.8. The van der Waals surface area contributed by atoms with Gasteiger partial charge in [0.05, 0.1) is 12.1 Å². The maximum Gasteiger partial charge on any atom is 0.188 e. The highest BCUT2D eigenvalue weighted by molar-refractivity contribution is 6.33. The minimum absolute atomic E-state index is 0.00835. The molecule has 132 valence electrons. The van der Waals surface area contributed by atoms with Gasteiger partial charge in [0.2, 0.25) is 0 Å². The molecule has 4 nitrogen and oxygen atoms in total. The molecule has 0 bridgehead atoms. The Morgan fingerprint density at radius 1 is 1.04 bits per heavy atom. The van der Waals surface area contributed by atoms with Crippen LogP contribution in [0, 0.1) is 5.41 Å². The Morgan fingerprint density at radius 3 is 2.46 bits per heavy atom. The number of fused-ring (bicyclic) bond motifs is 1. The smallest absolute Gasteiger partial charge is 0.188 e. The first kappa shape index (κ1) is 16.6. The number of carbonyl (C=O) groups is 1. The predicted octanol–water partition coefficient (Wildman–Crippen LogP) is 4.27. The molecular formula is C22H23N3O. The second-order valence-corrected chi connectivity index (χ2v) is 7.94. The molecule has 4 heteroatoms. The van der Waals surface area contributed by atoms with E-state index in [0.717, 1.165) is 22.6 Å². The van der Waals surface area contributed by atoms with Gasteiger partial charge in [-0.05, 0) is 28.7 Å². The Hall–Kier alpha value is -2.88. The molecule has 2 N–H and O–H groups in total. The summed E-state index contributed by atoms with van der Waals surface area (Å²) >= 11 is 0. The Morgan fingerprint density at radius 2 is 1.73 bits per heavy atom. The fourth-order valence-electron chi connectivity index (χ4n) is 3.77. The van der Waals surface area contributed by atoms with E-state index in [9.17, 15) is 4.79 Å². The van der Waals surface area contributed by atoms with Crippen LogP contribution in [0.15, 0.2) is 59.8 Å². The van der Waals surface area contributed by atoms with Crippen LogP contribution in [0.1, 0.15) is 31.9 Å². The third-order valence-electron chi connectivity index (χ3n) is 5.06. The molecule has 2 aromatic rings. The van der Waals surface area contributed by atoms with Gasteiger partial charge in [0.25, 0.3) is 0 Å². The van der Waals surface area contributed by atoms with Crippen LogP contribution in [0.4, 0.5) is 11.4 Å². The first-order valence-corrected chi connectivity index (χ1v) is 8.93. The van der Waals surface area contributed by atoms with Crippen molar-refractivity contribution in [1.82, 2.24) is 0 Å². The lowest BCUT2D eigenvalue weighted by Gasteiger charge is -2.27. The van der Waals surface area contributed by atoms with Crippen molar-refractivity contribution in [2.24, 2.45) is 0 Å². The van der Waals surface area contributed by atoms with E-state index in [2.05, 4.69) is 38.2 Å². The van der Waals surface area contributed by atoms with Gasteiger partial charge in [-0.15, -0.1) is 0 Å². The van der Waals surface area contributed by atoms with E-state index in [0.29, 0.717) is 17.8 Å². The summed E-state index contributed by atoms with van der Waals surface area (Å²) in [6.07, 6.45) is 0.675. The molecule has 0 aliphatic carbocycles. The van der Waals surface area contributed by atoms with Crippen LogP contribution < -0.4 is 10.2 Å². The van der Waals surface area contributed by atoms with Crippen LogP contribution in [0.2, 0.25) is 0 Å². The second-order valence-electron chi connectivity index (χ2n) is 7.94. The number of rotatable bonds is 1. The van der Waals surface area contributed by atoms with Gasteiger partial charge in [-0.3, -0.25) is 10.2 Å². The highest BCUT2D eigenvalue weighted by Gasteiger charge is 2.37. The van der Waals surface area contributed by atoms with Crippen molar-refractivity contribution in [3.8, 4) is 0 Å². The molecule has 0 unspecified atom stereocenters. The Kier molecular flexibility index (Phi) is 3.72. The molecule has 0 amide bonds. The summed E-state index contributed by atoms with van der Waals surface area (Å²) in [7, 11) is 0. The molecule has 4 rings (SSSR count). The Bertz CT molecular complexity index is 923. The van der Waals surface area contributed by atoms with Crippen molar-refractivity contribution in [3.05, 3.63) is 70.9 Å². The molecule has 0 atom stereocenters. The molecule has 1 fully saturated rings. The van der Waals surface area contributed by atoms with Crippen molar-refractivity contribution in [1.29, 1.82) is 5.41 Å². The predicted molar refractivity (Wildman–Crippen MR) is 106 cm³/mol. The molecule has 2 aliphatic rings. The average molecular weight is 345 g/mol. The van der Waals surface area contributed by atoms with Gasteiger partial charge < -0.3 is 10.2 Å². The molecule has 0 spiro atoms. The van der Waals surface area contributed by atoms with E-state index in [1.165, 1.54) is 5.56 Å². The molecule has 0 radical (unpaired) electrons. The standard InChI is InChI=1S/C22H23N3O/c1-22(2,3)15-9-5-7-11-18(15)25-13-19(26)20(21(25)23)17-12-14-8-4-6-10-16(14)24-17/h4-11,23-24H,12-13H2,1-3H3. The Balaban J connectivity index is 1.74. The summed E-state index contributed by atoms with van der Waals surface area (Å²) in [5.74, 6) is 0.302. The molecule has 26 heavy (non-hydrogen) atoms. The van der Waals surface area contributed by atoms with E-state index in [1.807, 2.05) is 41.3 Å². The number of hydrogen-bond donors (Lipinski definition) is 2. The van der Waals surface area contributed by atoms with Crippen molar-refractivity contribution < 1.29 is 4.79 Å². The van der Waals surface area contributed by atoms with Crippen LogP contribution in [0.3, 0.4) is 0 Å². The number of amidine groups is 1. The average Bonchev–Trinajstić information content (AvgIpc) is 3.14. The molecule has 2 aliphatic heterocycles. The summed E-state index contributed by atoms with van der Waals surface area (Å²) in [6, 6.07) is 16.1. The number of allylic oxidation sites excluding steroid dienone is 1. The Labute approximate surface area is 154 Å². The van der Waals surface area contributed by atoms with Gasteiger partial charge in [0.1, 0.15) is 5.84 Å². The molecule has 2 aromatic carbocycles. The van der Waals surface area contributed by atoms with E-state index in [4.69, 9.17) is 5.41 Å². The zero-order chi connectivity index (χ0) is 18.5. The minimum atomic E-state index is -0.0579. The SMILES string of the molecule is CC(C)(C)c1ccccc1N1CC(=O)C(=C2Cc3ccccc3N2)C1=N. The number of Topliss-reactive ketones (excluding diaryl/α,β-unsaturated/α-hetero) is 1. The van der Waals surface area contributed by atoms with E-state index < -0.39 is 0 Å². The fraction of sp³-hybridized carbons (Fsp3) is 0.273. The first-order chi connectivity index (χ1) is 12.4. The summed E-state index contributed by atoms with van der Waals surface area (Å²) < 4.78 is 0. The third kappa shape index (κ3) is 2.62. The van der Waals surface area contributed by atoms with Gasteiger partial charge >= 0.3 is 0 Å². The number of benzene rings is 2. The zero-order valence-corrected chi connectivity index (χ0v) is 15.4.